The molecule has 0 aromatic carbocycles. The smallest absolute Gasteiger partial charge is 0.333 e. The lowest BCUT2D eigenvalue weighted by atomic mass is 10.4. The molecule has 0 aromatic rings. The van der Waals surface area contributed by atoms with Crippen LogP contribution in [-0.4, -0.2) is 29.2 Å². The van der Waals surface area contributed by atoms with Crippen LogP contribution < -0.4 is 0 Å². The maximum absolute atomic E-state index is 11.3. The van der Waals surface area contributed by atoms with Crippen LogP contribution in [0.2, 0.25) is 0 Å². The van der Waals surface area contributed by atoms with Crippen molar-refractivity contribution in [3.8, 4) is 0 Å². The Kier molecular flexibility index (Phi) is 6.03. The van der Waals surface area contributed by atoms with Crippen LogP contribution >= 0.6 is 12.6 Å². The molecular weight excluding hydrogens is 202 g/mol. The van der Waals surface area contributed by atoms with Gasteiger partial charge in [0, 0.05) is 12.0 Å². The van der Waals surface area contributed by atoms with Crippen molar-refractivity contribution < 1.29 is 14.4 Å². The van der Waals surface area contributed by atoms with E-state index in [-0.39, 0.29) is 17.9 Å². The van der Waals surface area contributed by atoms with Gasteiger partial charge in [0.15, 0.2) is 0 Å². The lowest BCUT2D eigenvalue weighted by molar-refractivity contribution is -0.193. The number of carbonyl (C=O) groups is 2. The largest absolute Gasteiger partial charge is 0.358 e. The van der Waals surface area contributed by atoms with E-state index in [1.54, 1.807) is 6.92 Å². The van der Waals surface area contributed by atoms with Crippen molar-refractivity contribution in [2.45, 2.75) is 20.3 Å². The third-order valence-corrected chi connectivity index (χ3v) is 1.66. The number of rotatable bonds is 4. The monoisotopic (exact) mass is 217 g/mol. The molecule has 0 aliphatic carbocycles. The number of hydrogen-bond donors (Lipinski definition) is 1. The van der Waals surface area contributed by atoms with E-state index in [1.807, 2.05) is 0 Å². The zero-order valence-corrected chi connectivity index (χ0v) is 9.34. The Bertz CT molecular complexity index is 240. The summed E-state index contributed by atoms with van der Waals surface area (Å²) in [6, 6.07) is 0. The highest BCUT2D eigenvalue weighted by Gasteiger charge is 2.16. The predicted molar refractivity (Wildman–Crippen MR) is 56.8 cm³/mol. The summed E-state index contributed by atoms with van der Waals surface area (Å²) in [4.78, 5) is 27.2. The average molecular weight is 217 g/mol. The minimum absolute atomic E-state index is 0.250. The molecule has 0 aliphatic heterocycles. The Hall–Kier alpha value is -0.970. The van der Waals surface area contributed by atoms with Crippen molar-refractivity contribution in [2.75, 3.05) is 12.3 Å². The van der Waals surface area contributed by atoms with Gasteiger partial charge in [0.25, 0.3) is 5.91 Å². The van der Waals surface area contributed by atoms with Crippen LogP contribution in [0.25, 0.3) is 0 Å². The molecule has 0 saturated carbocycles. The Morgan fingerprint density at radius 3 is 2.43 bits per heavy atom. The summed E-state index contributed by atoms with van der Waals surface area (Å²) >= 11 is 3.92. The number of hydroxylamine groups is 2. The highest BCUT2D eigenvalue weighted by molar-refractivity contribution is 7.80. The van der Waals surface area contributed by atoms with Crippen molar-refractivity contribution in [2.24, 2.45) is 0 Å². The fraction of sp³-hybridized carbons (Fsp3) is 0.556. The first-order valence-electron chi connectivity index (χ1n) is 4.32. The molecule has 0 bridgehead atoms. The van der Waals surface area contributed by atoms with Gasteiger partial charge in [-0.1, -0.05) is 6.58 Å². The summed E-state index contributed by atoms with van der Waals surface area (Å²) in [5, 5.41) is 1.02. The van der Waals surface area contributed by atoms with Crippen LogP contribution in [0.3, 0.4) is 0 Å². The summed E-state index contributed by atoms with van der Waals surface area (Å²) in [5.74, 6) is -0.406. The molecule has 0 aromatic heterocycles. The van der Waals surface area contributed by atoms with Crippen molar-refractivity contribution >= 4 is 24.5 Å². The fourth-order valence-corrected chi connectivity index (χ4v) is 0.881. The van der Waals surface area contributed by atoms with E-state index in [1.165, 1.54) is 6.92 Å². The van der Waals surface area contributed by atoms with Crippen LogP contribution in [0.15, 0.2) is 12.2 Å². The minimum Gasteiger partial charge on any atom is -0.333 e. The summed E-state index contributed by atoms with van der Waals surface area (Å²) < 4.78 is 0. The van der Waals surface area contributed by atoms with Gasteiger partial charge >= 0.3 is 5.97 Å². The summed E-state index contributed by atoms with van der Waals surface area (Å²) in [7, 11) is 0. The van der Waals surface area contributed by atoms with Crippen LogP contribution in [0.1, 0.15) is 20.3 Å². The van der Waals surface area contributed by atoms with Gasteiger partial charge in [-0.2, -0.15) is 17.7 Å². The lowest BCUT2D eigenvalue weighted by Gasteiger charge is -2.18. The Balaban J connectivity index is 4.21. The summed E-state index contributed by atoms with van der Waals surface area (Å²) in [5.41, 5.74) is 0.266. The number of carbonyl (C=O) groups excluding carboxylic acids is 2. The van der Waals surface area contributed by atoms with E-state index in [2.05, 4.69) is 19.2 Å². The quantitative estimate of drug-likeness (QED) is 0.437. The SMILES string of the molecule is C=C(C)C(=O)ON(CC)C(=O)CCS. The molecule has 0 heterocycles. The van der Waals surface area contributed by atoms with Gasteiger partial charge in [-0.25, -0.2) is 4.79 Å². The third kappa shape index (κ3) is 4.32. The highest BCUT2D eigenvalue weighted by atomic mass is 32.1. The lowest BCUT2D eigenvalue weighted by Crippen LogP contribution is -2.33. The Morgan fingerprint density at radius 1 is 1.50 bits per heavy atom. The zero-order chi connectivity index (χ0) is 11.1. The maximum Gasteiger partial charge on any atom is 0.358 e. The molecule has 14 heavy (non-hydrogen) atoms. The molecule has 0 fully saturated rings. The van der Waals surface area contributed by atoms with E-state index in [9.17, 15) is 9.59 Å². The maximum atomic E-state index is 11.3. The van der Waals surface area contributed by atoms with Gasteiger partial charge in [0.05, 0.1) is 6.54 Å². The van der Waals surface area contributed by atoms with E-state index < -0.39 is 5.97 Å². The van der Waals surface area contributed by atoms with Gasteiger partial charge in [-0.15, -0.1) is 0 Å². The normalized spacial score (nSPS) is 9.36. The minimum atomic E-state index is -0.584. The van der Waals surface area contributed by atoms with Gasteiger partial charge in [-0.05, 0) is 19.6 Å². The van der Waals surface area contributed by atoms with Crippen LogP contribution in [0, 0.1) is 0 Å². The molecule has 0 radical (unpaired) electrons. The molecule has 0 aliphatic rings. The first-order chi connectivity index (χ1) is 6.52. The predicted octanol–water partition coefficient (Wildman–Crippen LogP) is 1.19. The summed E-state index contributed by atoms with van der Waals surface area (Å²) in [6.45, 7) is 7.00. The second kappa shape index (κ2) is 6.48. The van der Waals surface area contributed by atoms with Crippen molar-refractivity contribution in [1.29, 1.82) is 0 Å². The number of hydrogen-bond acceptors (Lipinski definition) is 4. The van der Waals surface area contributed by atoms with Gasteiger partial charge in [-0.3, -0.25) is 4.79 Å². The molecule has 0 unspecified atom stereocenters. The molecule has 5 heteroatoms. The topological polar surface area (TPSA) is 46.6 Å². The molecule has 0 rings (SSSR count). The van der Waals surface area contributed by atoms with Gasteiger partial charge < -0.3 is 4.84 Å². The van der Waals surface area contributed by atoms with Crippen LogP contribution in [-0.2, 0) is 14.4 Å². The average Bonchev–Trinajstić information content (AvgIpc) is 2.13. The Labute approximate surface area is 89.3 Å². The highest BCUT2D eigenvalue weighted by Crippen LogP contribution is 2.01. The first kappa shape index (κ1) is 13.0. The molecule has 4 nitrogen and oxygen atoms in total. The molecule has 0 spiro atoms. The fourth-order valence-electron chi connectivity index (χ4n) is 0.690. The molecule has 80 valence electrons. The molecule has 0 saturated heterocycles. The second-order valence-electron chi connectivity index (χ2n) is 2.72. The zero-order valence-electron chi connectivity index (χ0n) is 8.45. The first-order valence-corrected chi connectivity index (χ1v) is 4.95. The second-order valence-corrected chi connectivity index (χ2v) is 3.17. The number of nitrogens with zero attached hydrogens (tertiary/aromatic N) is 1. The van der Waals surface area contributed by atoms with Crippen molar-refractivity contribution in [3.63, 3.8) is 0 Å². The summed E-state index contributed by atoms with van der Waals surface area (Å²) in [6.07, 6.45) is 0.250. The van der Waals surface area contributed by atoms with E-state index in [0.717, 1.165) is 5.06 Å². The molecule has 0 N–H and O–H groups in total. The van der Waals surface area contributed by atoms with Gasteiger partial charge in [0.2, 0.25) is 0 Å². The van der Waals surface area contributed by atoms with Crippen LogP contribution in [0.4, 0.5) is 0 Å². The van der Waals surface area contributed by atoms with Gasteiger partial charge in [0.1, 0.15) is 0 Å². The van der Waals surface area contributed by atoms with E-state index >= 15 is 0 Å². The van der Waals surface area contributed by atoms with Crippen molar-refractivity contribution in [3.05, 3.63) is 12.2 Å². The van der Waals surface area contributed by atoms with Crippen LogP contribution in [0.5, 0.6) is 0 Å². The van der Waals surface area contributed by atoms with E-state index in [4.69, 9.17) is 4.84 Å². The molecule has 1 amide bonds. The Morgan fingerprint density at radius 2 is 2.07 bits per heavy atom. The number of thiol groups is 1. The third-order valence-electron chi connectivity index (χ3n) is 1.43. The molecular formula is C9H15NO3S. The molecule has 0 atom stereocenters. The van der Waals surface area contributed by atoms with E-state index in [0.29, 0.717) is 12.3 Å². The standard InChI is InChI=1S/C9H15NO3S/c1-4-10(8(11)5-6-14)13-9(12)7(2)3/h14H,2,4-6H2,1,3H3. The van der Waals surface area contributed by atoms with Crippen molar-refractivity contribution in [1.82, 2.24) is 5.06 Å². The number of amides is 1.